The molecule has 0 amide bonds. The first kappa shape index (κ1) is 19.2. The summed E-state index contributed by atoms with van der Waals surface area (Å²) in [6.45, 7) is 1.50. The number of nitrogens with zero attached hydrogens (tertiary/aromatic N) is 3. The summed E-state index contributed by atoms with van der Waals surface area (Å²) in [5, 5.41) is 12.4. The molecule has 3 rings (SSSR count). The number of aromatic nitrogens is 1. The number of anilines is 1. The molecule has 1 fully saturated rings. The average Bonchev–Trinajstić information content (AvgIpc) is 2.66. The number of rotatable bonds is 4. The van der Waals surface area contributed by atoms with Crippen LogP contribution in [-0.4, -0.2) is 30.0 Å². The van der Waals surface area contributed by atoms with Gasteiger partial charge in [0.25, 0.3) is 0 Å². The number of nitrogens with one attached hydrogen (secondary N) is 1. The first-order chi connectivity index (χ1) is 12.9. The molecule has 1 aliphatic rings. The minimum atomic E-state index is -4.33. The highest BCUT2D eigenvalue weighted by molar-refractivity contribution is 5.51. The molecular weight excluding hydrogens is 353 g/mol. The van der Waals surface area contributed by atoms with Crippen molar-refractivity contribution in [3.05, 3.63) is 59.3 Å². The maximum Gasteiger partial charge on any atom is 0.416 e. The molecule has 0 saturated carbocycles. The predicted octanol–water partition coefficient (Wildman–Crippen LogP) is 4.47. The van der Waals surface area contributed by atoms with E-state index in [0.29, 0.717) is 17.9 Å². The summed E-state index contributed by atoms with van der Waals surface area (Å²) in [5.74, 6) is 0.744. The summed E-state index contributed by atoms with van der Waals surface area (Å²) in [5.41, 5.74) is 0.720. The van der Waals surface area contributed by atoms with Crippen molar-refractivity contribution in [1.29, 1.82) is 5.26 Å². The molecular formula is C20H21F3N4. The molecule has 142 valence electrons. The quantitative estimate of drug-likeness (QED) is 0.858. The van der Waals surface area contributed by atoms with Gasteiger partial charge in [0, 0.05) is 18.8 Å². The SMILES string of the molecule is CN1CCCC(CNc2ncccc2C#N)C1c1ccc(C(F)(F)F)cc1. The molecule has 27 heavy (non-hydrogen) atoms. The third kappa shape index (κ3) is 4.40. The van der Waals surface area contributed by atoms with Crippen LogP contribution in [0.25, 0.3) is 0 Å². The van der Waals surface area contributed by atoms with Gasteiger partial charge < -0.3 is 5.32 Å². The van der Waals surface area contributed by atoms with E-state index in [1.54, 1.807) is 30.5 Å². The number of alkyl halides is 3. The number of hydrogen-bond acceptors (Lipinski definition) is 4. The topological polar surface area (TPSA) is 52.0 Å². The average molecular weight is 374 g/mol. The van der Waals surface area contributed by atoms with Gasteiger partial charge in [-0.05, 0) is 62.2 Å². The van der Waals surface area contributed by atoms with Gasteiger partial charge in [-0.2, -0.15) is 18.4 Å². The Bertz CT molecular complexity index is 811. The number of pyridine rings is 1. The Kier molecular flexibility index (Phi) is 5.66. The van der Waals surface area contributed by atoms with E-state index in [-0.39, 0.29) is 12.0 Å². The van der Waals surface area contributed by atoms with Gasteiger partial charge in [0.1, 0.15) is 11.9 Å². The number of halogens is 3. The molecule has 1 saturated heterocycles. The summed E-state index contributed by atoms with van der Waals surface area (Å²) in [4.78, 5) is 6.40. The Morgan fingerprint density at radius 3 is 2.67 bits per heavy atom. The number of likely N-dealkylation sites (tertiary alicyclic amines) is 1. The van der Waals surface area contributed by atoms with E-state index in [0.717, 1.165) is 37.1 Å². The van der Waals surface area contributed by atoms with E-state index in [1.807, 2.05) is 7.05 Å². The Labute approximate surface area is 156 Å². The van der Waals surface area contributed by atoms with Gasteiger partial charge in [0.05, 0.1) is 11.1 Å². The standard InChI is InChI=1S/C20H21F3N4/c1-27-11-3-5-16(13-26-19-15(12-24)4-2-10-25-19)18(27)14-6-8-17(9-7-14)20(21,22)23/h2,4,6-10,16,18H,3,5,11,13H2,1H3,(H,25,26). The molecule has 1 aliphatic heterocycles. The highest BCUT2D eigenvalue weighted by atomic mass is 19.4. The zero-order valence-electron chi connectivity index (χ0n) is 15.0. The molecule has 2 heterocycles. The molecule has 0 bridgehead atoms. The summed E-state index contributed by atoms with van der Waals surface area (Å²) in [6, 6.07) is 11.0. The zero-order valence-corrected chi connectivity index (χ0v) is 15.0. The molecule has 0 aliphatic carbocycles. The van der Waals surface area contributed by atoms with Crippen LogP contribution in [0, 0.1) is 17.2 Å². The highest BCUT2D eigenvalue weighted by Crippen LogP contribution is 2.37. The summed E-state index contributed by atoms with van der Waals surface area (Å²) < 4.78 is 38.5. The Hall–Kier alpha value is -2.59. The molecule has 1 aromatic heterocycles. The fraction of sp³-hybridized carbons (Fsp3) is 0.400. The monoisotopic (exact) mass is 374 g/mol. The van der Waals surface area contributed by atoms with Crippen LogP contribution in [0.15, 0.2) is 42.6 Å². The maximum absolute atomic E-state index is 12.8. The number of benzene rings is 1. The molecule has 2 atom stereocenters. The van der Waals surface area contributed by atoms with Gasteiger partial charge in [-0.15, -0.1) is 0 Å². The molecule has 0 radical (unpaired) electrons. The van der Waals surface area contributed by atoms with E-state index in [2.05, 4.69) is 21.3 Å². The van der Waals surface area contributed by atoms with Crippen LogP contribution in [-0.2, 0) is 6.18 Å². The van der Waals surface area contributed by atoms with Crippen molar-refractivity contribution in [3.63, 3.8) is 0 Å². The molecule has 0 spiro atoms. The second-order valence-corrected chi connectivity index (χ2v) is 6.84. The highest BCUT2D eigenvalue weighted by Gasteiger charge is 2.33. The van der Waals surface area contributed by atoms with Crippen molar-refractivity contribution in [2.75, 3.05) is 25.5 Å². The third-order valence-electron chi connectivity index (χ3n) is 5.05. The Morgan fingerprint density at radius 1 is 1.26 bits per heavy atom. The Balaban J connectivity index is 1.78. The van der Waals surface area contributed by atoms with Crippen LogP contribution >= 0.6 is 0 Å². The van der Waals surface area contributed by atoms with Gasteiger partial charge >= 0.3 is 6.18 Å². The lowest BCUT2D eigenvalue weighted by molar-refractivity contribution is -0.137. The van der Waals surface area contributed by atoms with Gasteiger partial charge in [-0.3, -0.25) is 4.90 Å². The third-order valence-corrected chi connectivity index (χ3v) is 5.05. The van der Waals surface area contributed by atoms with Crippen molar-refractivity contribution < 1.29 is 13.2 Å². The second-order valence-electron chi connectivity index (χ2n) is 6.84. The van der Waals surface area contributed by atoms with Crippen molar-refractivity contribution in [2.24, 2.45) is 5.92 Å². The van der Waals surface area contributed by atoms with Crippen molar-refractivity contribution in [2.45, 2.75) is 25.1 Å². The maximum atomic E-state index is 12.8. The fourth-order valence-corrected chi connectivity index (χ4v) is 3.73. The van der Waals surface area contributed by atoms with Crippen LogP contribution in [0.3, 0.4) is 0 Å². The fourth-order valence-electron chi connectivity index (χ4n) is 3.73. The molecule has 2 aromatic rings. The number of nitriles is 1. The van der Waals surface area contributed by atoms with Gasteiger partial charge in [-0.1, -0.05) is 12.1 Å². The second kappa shape index (κ2) is 7.97. The predicted molar refractivity (Wildman–Crippen MR) is 97.0 cm³/mol. The van der Waals surface area contributed by atoms with Gasteiger partial charge in [-0.25, -0.2) is 4.98 Å². The largest absolute Gasteiger partial charge is 0.416 e. The van der Waals surface area contributed by atoms with Gasteiger partial charge in [0.15, 0.2) is 0 Å². The van der Waals surface area contributed by atoms with Crippen LogP contribution in [0.2, 0.25) is 0 Å². The van der Waals surface area contributed by atoms with E-state index in [4.69, 9.17) is 0 Å². The normalized spacial score (nSPS) is 20.9. The lowest BCUT2D eigenvalue weighted by Crippen LogP contribution is -2.39. The van der Waals surface area contributed by atoms with Crippen LogP contribution in [0.1, 0.15) is 35.6 Å². The van der Waals surface area contributed by atoms with Crippen molar-refractivity contribution >= 4 is 5.82 Å². The summed E-state index contributed by atoms with van der Waals surface area (Å²) >= 11 is 0. The zero-order chi connectivity index (χ0) is 19.4. The van der Waals surface area contributed by atoms with Crippen LogP contribution < -0.4 is 5.32 Å². The van der Waals surface area contributed by atoms with Crippen LogP contribution in [0.4, 0.5) is 19.0 Å². The lowest BCUT2D eigenvalue weighted by Gasteiger charge is -2.40. The summed E-state index contributed by atoms with van der Waals surface area (Å²) in [6.07, 6.45) is -0.723. The molecule has 2 unspecified atom stereocenters. The van der Waals surface area contributed by atoms with E-state index in [1.165, 1.54) is 0 Å². The van der Waals surface area contributed by atoms with Crippen LogP contribution in [0.5, 0.6) is 0 Å². The molecule has 7 heteroatoms. The molecule has 4 nitrogen and oxygen atoms in total. The first-order valence-corrected chi connectivity index (χ1v) is 8.86. The Morgan fingerprint density at radius 2 is 2.00 bits per heavy atom. The number of hydrogen-bond donors (Lipinski definition) is 1. The van der Waals surface area contributed by atoms with Crippen molar-refractivity contribution in [1.82, 2.24) is 9.88 Å². The number of piperidine rings is 1. The van der Waals surface area contributed by atoms with E-state index in [9.17, 15) is 18.4 Å². The molecule has 1 N–H and O–H groups in total. The van der Waals surface area contributed by atoms with Crippen molar-refractivity contribution in [3.8, 4) is 6.07 Å². The lowest BCUT2D eigenvalue weighted by atomic mass is 9.84. The first-order valence-electron chi connectivity index (χ1n) is 8.86. The minimum absolute atomic E-state index is 0.0165. The van der Waals surface area contributed by atoms with E-state index >= 15 is 0 Å². The smallest absolute Gasteiger partial charge is 0.369 e. The van der Waals surface area contributed by atoms with Gasteiger partial charge in [0.2, 0.25) is 0 Å². The minimum Gasteiger partial charge on any atom is -0.369 e. The molecule has 1 aromatic carbocycles. The van der Waals surface area contributed by atoms with E-state index < -0.39 is 11.7 Å². The summed E-state index contributed by atoms with van der Waals surface area (Å²) in [7, 11) is 2.00.